The van der Waals surface area contributed by atoms with Crippen molar-refractivity contribution in [3.8, 4) is 0 Å². The van der Waals surface area contributed by atoms with Crippen molar-refractivity contribution in [3.05, 3.63) is 70.7 Å². The standard InChI is InChI=1S/C21H26ClNO/c1-21(17-8-4-3-5-9-17,18-10-6-11-19(22)16-18)24-15-13-20-12-7-14-23(20)2/h3-6,8-11,16,20H,7,12-15H2,1-2H3/t20-,21-/m1/s1. The number of halogens is 1. The zero-order chi connectivity index (χ0) is 17.0. The summed E-state index contributed by atoms with van der Waals surface area (Å²) in [5, 5.41) is 0.744. The van der Waals surface area contributed by atoms with Crippen LogP contribution in [0.5, 0.6) is 0 Å². The highest BCUT2D eigenvalue weighted by Crippen LogP contribution is 2.35. The number of hydrogen-bond donors (Lipinski definition) is 0. The van der Waals surface area contributed by atoms with E-state index in [1.165, 1.54) is 19.4 Å². The maximum absolute atomic E-state index is 6.48. The molecule has 0 radical (unpaired) electrons. The van der Waals surface area contributed by atoms with E-state index in [-0.39, 0.29) is 0 Å². The average Bonchev–Trinajstić information content (AvgIpc) is 3.00. The van der Waals surface area contributed by atoms with Crippen molar-refractivity contribution in [1.82, 2.24) is 4.90 Å². The number of hydrogen-bond acceptors (Lipinski definition) is 2. The fourth-order valence-corrected chi connectivity index (χ4v) is 3.81. The summed E-state index contributed by atoms with van der Waals surface area (Å²) in [6.45, 7) is 4.09. The van der Waals surface area contributed by atoms with E-state index in [0.29, 0.717) is 6.04 Å². The Kier molecular flexibility index (Phi) is 5.60. The van der Waals surface area contributed by atoms with Crippen molar-refractivity contribution in [2.45, 2.75) is 37.8 Å². The first-order chi connectivity index (χ1) is 11.6. The first kappa shape index (κ1) is 17.5. The topological polar surface area (TPSA) is 12.5 Å². The third-order valence-electron chi connectivity index (χ3n) is 5.21. The molecule has 0 aliphatic carbocycles. The van der Waals surface area contributed by atoms with Gasteiger partial charge in [0.2, 0.25) is 0 Å². The normalized spacial score (nSPS) is 20.9. The van der Waals surface area contributed by atoms with Crippen molar-refractivity contribution in [3.63, 3.8) is 0 Å². The molecule has 0 saturated carbocycles. The molecule has 0 aromatic heterocycles. The molecule has 0 N–H and O–H groups in total. The second-order valence-corrected chi connectivity index (χ2v) is 7.26. The van der Waals surface area contributed by atoms with Crippen molar-refractivity contribution >= 4 is 11.6 Å². The molecule has 1 heterocycles. The Morgan fingerprint density at radius 3 is 2.54 bits per heavy atom. The summed E-state index contributed by atoms with van der Waals surface area (Å²) in [6.07, 6.45) is 3.64. The van der Waals surface area contributed by atoms with Crippen LogP contribution in [0.1, 0.15) is 37.3 Å². The summed E-state index contributed by atoms with van der Waals surface area (Å²) in [5.74, 6) is 0. The minimum atomic E-state index is -0.483. The molecule has 0 unspecified atom stereocenters. The average molecular weight is 344 g/mol. The van der Waals surface area contributed by atoms with Gasteiger partial charge in [-0.15, -0.1) is 0 Å². The Morgan fingerprint density at radius 1 is 1.12 bits per heavy atom. The predicted octanol–water partition coefficient (Wildman–Crippen LogP) is 5.10. The van der Waals surface area contributed by atoms with Gasteiger partial charge in [0, 0.05) is 17.7 Å². The van der Waals surface area contributed by atoms with Crippen LogP contribution in [0.15, 0.2) is 54.6 Å². The lowest BCUT2D eigenvalue weighted by Crippen LogP contribution is -2.31. The molecular formula is C21H26ClNO. The third kappa shape index (κ3) is 3.83. The SMILES string of the molecule is CN1CCC[C@@H]1CCO[C@](C)(c1ccccc1)c1cccc(Cl)c1. The van der Waals surface area contributed by atoms with E-state index in [0.717, 1.165) is 29.2 Å². The summed E-state index contributed by atoms with van der Waals surface area (Å²) >= 11 is 6.23. The molecular weight excluding hydrogens is 318 g/mol. The summed E-state index contributed by atoms with van der Waals surface area (Å²) in [6, 6.07) is 19.1. The Labute approximate surface area is 150 Å². The summed E-state index contributed by atoms with van der Waals surface area (Å²) in [5.41, 5.74) is 1.77. The minimum Gasteiger partial charge on any atom is -0.366 e. The predicted molar refractivity (Wildman–Crippen MR) is 101 cm³/mol. The fourth-order valence-electron chi connectivity index (χ4n) is 3.62. The van der Waals surface area contributed by atoms with Crippen LogP contribution in [0.3, 0.4) is 0 Å². The molecule has 3 rings (SSSR count). The van der Waals surface area contributed by atoms with Gasteiger partial charge in [0.25, 0.3) is 0 Å². The molecule has 3 heteroatoms. The van der Waals surface area contributed by atoms with Gasteiger partial charge in [-0.2, -0.15) is 0 Å². The molecule has 1 saturated heterocycles. The number of ether oxygens (including phenoxy) is 1. The molecule has 2 atom stereocenters. The second-order valence-electron chi connectivity index (χ2n) is 6.82. The summed E-state index contributed by atoms with van der Waals surface area (Å²) in [7, 11) is 2.21. The molecule has 1 fully saturated rings. The van der Waals surface area contributed by atoms with Crippen LogP contribution in [0.4, 0.5) is 0 Å². The van der Waals surface area contributed by atoms with Gasteiger partial charge in [-0.25, -0.2) is 0 Å². The smallest absolute Gasteiger partial charge is 0.115 e. The van der Waals surface area contributed by atoms with Crippen molar-refractivity contribution < 1.29 is 4.74 Å². The largest absolute Gasteiger partial charge is 0.366 e. The zero-order valence-electron chi connectivity index (χ0n) is 14.5. The lowest BCUT2D eigenvalue weighted by atomic mass is 9.88. The molecule has 1 aliphatic rings. The molecule has 0 bridgehead atoms. The molecule has 2 aromatic carbocycles. The van der Waals surface area contributed by atoms with E-state index in [9.17, 15) is 0 Å². The third-order valence-corrected chi connectivity index (χ3v) is 5.45. The molecule has 1 aliphatic heterocycles. The van der Waals surface area contributed by atoms with Gasteiger partial charge in [-0.05, 0) is 63.0 Å². The first-order valence-corrected chi connectivity index (χ1v) is 9.13. The highest BCUT2D eigenvalue weighted by Gasteiger charge is 2.31. The van der Waals surface area contributed by atoms with E-state index in [1.807, 2.05) is 24.3 Å². The van der Waals surface area contributed by atoms with Gasteiger partial charge >= 0.3 is 0 Å². The molecule has 2 nitrogen and oxygen atoms in total. The number of benzene rings is 2. The van der Waals surface area contributed by atoms with Crippen molar-refractivity contribution in [2.24, 2.45) is 0 Å². The van der Waals surface area contributed by atoms with Crippen LogP contribution in [-0.2, 0) is 10.3 Å². The maximum Gasteiger partial charge on any atom is 0.115 e. The fraction of sp³-hybridized carbons (Fsp3) is 0.429. The highest BCUT2D eigenvalue weighted by atomic mass is 35.5. The Hall–Kier alpha value is -1.35. The van der Waals surface area contributed by atoms with Crippen molar-refractivity contribution in [1.29, 1.82) is 0 Å². The van der Waals surface area contributed by atoms with Gasteiger partial charge < -0.3 is 9.64 Å². The monoisotopic (exact) mass is 343 g/mol. The van der Waals surface area contributed by atoms with Gasteiger partial charge in [0.1, 0.15) is 5.60 Å². The van der Waals surface area contributed by atoms with Gasteiger partial charge in [-0.1, -0.05) is 54.1 Å². The molecule has 0 spiro atoms. The van der Waals surface area contributed by atoms with Crippen LogP contribution >= 0.6 is 11.6 Å². The quantitative estimate of drug-likeness (QED) is 0.723. The summed E-state index contributed by atoms with van der Waals surface area (Å²) < 4.78 is 6.48. The maximum atomic E-state index is 6.48. The van der Waals surface area contributed by atoms with Gasteiger partial charge in [0.05, 0.1) is 0 Å². The van der Waals surface area contributed by atoms with E-state index >= 15 is 0 Å². The molecule has 24 heavy (non-hydrogen) atoms. The van der Waals surface area contributed by atoms with Gasteiger partial charge in [-0.3, -0.25) is 0 Å². The van der Waals surface area contributed by atoms with Crippen LogP contribution in [0, 0.1) is 0 Å². The lowest BCUT2D eigenvalue weighted by Gasteiger charge is -2.32. The van der Waals surface area contributed by atoms with E-state index < -0.39 is 5.60 Å². The van der Waals surface area contributed by atoms with Crippen LogP contribution < -0.4 is 0 Å². The number of nitrogens with zero attached hydrogens (tertiary/aromatic N) is 1. The van der Waals surface area contributed by atoms with Crippen LogP contribution in [0.25, 0.3) is 0 Å². The molecule has 2 aromatic rings. The highest BCUT2D eigenvalue weighted by molar-refractivity contribution is 6.30. The van der Waals surface area contributed by atoms with Crippen LogP contribution in [-0.4, -0.2) is 31.1 Å². The van der Waals surface area contributed by atoms with E-state index in [2.05, 4.69) is 49.2 Å². The first-order valence-electron chi connectivity index (χ1n) is 8.75. The van der Waals surface area contributed by atoms with E-state index in [1.54, 1.807) is 0 Å². The minimum absolute atomic E-state index is 0.483. The van der Waals surface area contributed by atoms with Crippen LogP contribution in [0.2, 0.25) is 5.02 Å². The lowest BCUT2D eigenvalue weighted by molar-refractivity contribution is -0.0117. The van der Waals surface area contributed by atoms with E-state index in [4.69, 9.17) is 16.3 Å². The zero-order valence-corrected chi connectivity index (χ0v) is 15.3. The number of rotatable bonds is 6. The van der Waals surface area contributed by atoms with Gasteiger partial charge in [0.15, 0.2) is 0 Å². The molecule has 0 amide bonds. The Bertz CT molecular complexity index is 660. The summed E-state index contributed by atoms with van der Waals surface area (Å²) in [4.78, 5) is 2.45. The second kappa shape index (κ2) is 7.69. The number of likely N-dealkylation sites (tertiary alicyclic amines) is 1. The Balaban J connectivity index is 1.80. The van der Waals surface area contributed by atoms with Crippen molar-refractivity contribution in [2.75, 3.05) is 20.2 Å². The molecule has 128 valence electrons. The Morgan fingerprint density at radius 2 is 1.88 bits per heavy atom.